The van der Waals surface area contributed by atoms with Gasteiger partial charge >= 0.3 is 0 Å². The Kier molecular flexibility index (Phi) is 26.2. The van der Waals surface area contributed by atoms with Crippen LogP contribution in [0.25, 0.3) is 66.8 Å². The molecule has 0 amide bonds. The quantitative estimate of drug-likeness (QED) is 0.121. The standard InChI is InChI=1S/3C26H26.C23H28.C21H24/c1-3-9-21-17-23(15-13-19(21)7-1)25-11-5-6-12-26(25)24-16-14-20-8-2-4-10-22(20)18-24;1-3-8-21-16-25(14-12-19(21)6-1)23-10-5-11-24(18-23)26-15-13-20-7-2-4-9-22(20)17-26;1-3-7-23-17-25(15-13-19(23)5-1)21-9-11-22(12-10-21)26-16-14-20-6-2-4-8-24(20)18-26;1-2-23(21-13-11-17-7-3-5-9-19(17)15-21)22-14-12-18-8-4-6-10-20(18)16-22;1-3-7-20-14-16(9-11-18(20)5-1)13-17-10-12-19-6-2-4-8-21(19)15-17/h5-6,11-18H,1-4,7-10H2;5,10-18H,1-4,6-9H2;9-18H,1-8H2;11-16,23H,2-10H2,1H3;9-12,14-15H,1-8,13H2. The Hall–Kier alpha value is -10.1. The third-order valence-corrected chi connectivity index (χ3v) is 29.9. The summed E-state index contributed by atoms with van der Waals surface area (Å²) in [6.07, 6.45) is 54.6. The third kappa shape index (κ3) is 19.4. The Morgan fingerprint density at radius 1 is 0.164 bits per heavy atom. The van der Waals surface area contributed by atoms with Crippen molar-refractivity contribution in [1.82, 2.24) is 0 Å². The minimum atomic E-state index is 0.564. The van der Waals surface area contributed by atoms with Crippen LogP contribution in [-0.4, -0.2) is 0 Å². The molecule has 0 saturated carbocycles. The first-order valence-corrected chi connectivity index (χ1v) is 48.8. The number of hydrogen-bond acceptors (Lipinski definition) is 0. The van der Waals surface area contributed by atoms with Crippen molar-refractivity contribution in [2.75, 3.05) is 0 Å². The van der Waals surface area contributed by atoms with Gasteiger partial charge in [0, 0.05) is 5.92 Å². The van der Waals surface area contributed by atoms with Gasteiger partial charge in [-0.3, -0.25) is 0 Å². The molecule has 0 nitrogen and oxygen atoms in total. The van der Waals surface area contributed by atoms with E-state index in [0.717, 1.165) is 6.42 Å². The highest BCUT2D eigenvalue weighted by Gasteiger charge is 2.23. The molecule has 0 aromatic heterocycles. The highest BCUT2D eigenvalue weighted by molar-refractivity contribution is 5.84. The van der Waals surface area contributed by atoms with Gasteiger partial charge < -0.3 is 0 Å². The summed E-state index contributed by atoms with van der Waals surface area (Å²) in [5.74, 6) is 0.564. The summed E-state index contributed by atoms with van der Waals surface area (Å²) in [7, 11) is 0. The normalized spacial score (nSPS) is 16.4. The summed E-state index contributed by atoms with van der Waals surface area (Å²) < 4.78 is 0. The van der Waals surface area contributed by atoms with Gasteiger partial charge in [-0.1, -0.05) is 256 Å². The van der Waals surface area contributed by atoms with Gasteiger partial charge in [-0.2, -0.15) is 0 Å². The molecule has 0 heteroatoms. The van der Waals surface area contributed by atoms with Gasteiger partial charge in [-0.15, -0.1) is 0 Å². The second kappa shape index (κ2) is 39.2. The van der Waals surface area contributed by atoms with Crippen LogP contribution >= 0.6 is 0 Å². The van der Waals surface area contributed by atoms with Crippen molar-refractivity contribution >= 4 is 0 Å². The molecular formula is C122H130. The van der Waals surface area contributed by atoms with Gasteiger partial charge in [0.15, 0.2) is 0 Å². The lowest BCUT2D eigenvalue weighted by atomic mass is 9.82. The monoisotopic (exact) mass is 1600 g/mol. The second-order valence-corrected chi connectivity index (χ2v) is 38.1. The Bertz CT molecular complexity index is 5480. The van der Waals surface area contributed by atoms with E-state index >= 15 is 0 Å². The van der Waals surface area contributed by atoms with Crippen molar-refractivity contribution in [3.63, 3.8) is 0 Å². The van der Waals surface area contributed by atoms with E-state index in [1.54, 1.807) is 111 Å². The molecule has 13 aromatic carbocycles. The second-order valence-electron chi connectivity index (χ2n) is 38.1. The van der Waals surface area contributed by atoms with Crippen molar-refractivity contribution in [2.24, 2.45) is 0 Å². The number of fused-ring (bicyclic) bond motifs is 10. The van der Waals surface area contributed by atoms with Gasteiger partial charge in [0.2, 0.25) is 0 Å². The summed E-state index contributed by atoms with van der Waals surface area (Å²) in [6.45, 7) is 2.34. The fourth-order valence-corrected chi connectivity index (χ4v) is 22.8. The molecule has 0 heterocycles. The molecule has 122 heavy (non-hydrogen) atoms. The Labute approximate surface area is 732 Å². The van der Waals surface area contributed by atoms with Gasteiger partial charge in [0.25, 0.3) is 0 Å². The summed E-state index contributed by atoms with van der Waals surface area (Å²) in [6, 6.07) is 98.9. The van der Waals surface area contributed by atoms with Crippen LogP contribution in [0.15, 0.2) is 255 Å². The highest BCUT2D eigenvalue weighted by Crippen LogP contribution is 2.41. The summed E-state index contributed by atoms with van der Waals surface area (Å²) in [4.78, 5) is 0. The van der Waals surface area contributed by atoms with Gasteiger partial charge in [-0.05, 0) is 476 Å². The summed E-state index contributed by atoms with van der Waals surface area (Å²) in [5.41, 5.74) is 53.9. The van der Waals surface area contributed by atoms with Gasteiger partial charge in [0.1, 0.15) is 0 Å². The van der Waals surface area contributed by atoms with Crippen LogP contribution in [0, 0.1) is 0 Å². The van der Waals surface area contributed by atoms with Crippen molar-refractivity contribution in [1.29, 1.82) is 0 Å². The van der Waals surface area contributed by atoms with Crippen LogP contribution in [-0.2, 0) is 135 Å². The maximum absolute atomic E-state index is 2.52. The van der Waals surface area contributed by atoms with Crippen molar-refractivity contribution in [2.45, 2.75) is 283 Å². The average molecular weight is 1600 g/mol. The molecular weight excluding hydrogens is 1470 g/mol. The molecule has 10 aliphatic rings. The maximum Gasteiger partial charge on any atom is 0.00869 e. The zero-order valence-electron chi connectivity index (χ0n) is 73.5. The van der Waals surface area contributed by atoms with E-state index in [-0.39, 0.29) is 0 Å². The van der Waals surface area contributed by atoms with Crippen LogP contribution < -0.4 is 0 Å². The van der Waals surface area contributed by atoms with Crippen LogP contribution in [0.1, 0.15) is 281 Å². The molecule has 618 valence electrons. The molecule has 23 rings (SSSR count). The zero-order chi connectivity index (χ0) is 81.8. The minimum Gasteiger partial charge on any atom is -0.0645 e. The Morgan fingerprint density at radius 3 is 0.648 bits per heavy atom. The molecule has 0 aliphatic heterocycles. The molecule has 0 fully saturated rings. The Balaban J connectivity index is 0.000000101. The molecule has 0 N–H and O–H groups in total. The fraction of sp³-hybridized carbons (Fsp3) is 0.361. The molecule has 10 aliphatic carbocycles. The SMILES string of the molecule is CCC(c1ccc2c(c1)CCCC2)c1ccc2c(c1)CCCC2.c1cc(-c2ccc3c(c2)CCCC3)cc(-c2ccc3c(c2)CCCC3)c1.c1cc(-c2ccc3c(c2)CCCC3)ccc1-c1ccc2c(c1)CCCC2.c1cc2c(cc1Cc1ccc3c(c1)CCCC3)CCCC2.c1ccc(-c2ccc3c(c2)CCCC3)c(-c2ccc3c(c2)CCCC3)c1. The number of rotatable bonds is 11. The smallest absolute Gasteiger partial charge is 0.00869 e. The molecule has 0 bridgehead atoms. The topological polar surface area (TPSA) is 0 Å². The lowest BCUT2D eigenvalue weighted by Crippen LogP contribution is -2.08. The number of aryl methyl sites for hydroxylation is 20. The zero-order valence-corrected chi connectivity index (χ0v) is 73.5. The fourth-order valence-electron chi connectivity index (χ4n) is 22.8. The summed E-state index contributed by atoms with van der Waals surface area (Å²) in [5, 5.41) is 0. The lowest BCUT2D eigenvalue weighted by molar-refractivity contribution is 0.676. The predicted molar refractivity (Wildman–Crippen MR) is 519 cm³/mol. The van der Waals surface area contributed by atoms with E-state index in [0.29, 0.717) is 5.92 Å². The van der Waals surface area contributed by atoms with E-state index in [1.165, 1.54) is 352 Å². The lowest BCUT2D eigenvalue weighted by Gasteiger charge is -2.23. The van der Waals surface area contributed by atoms with Crippen LogP contribution in [0.3, 0.4) is 0 Å². The van der Waals surface area contributed by atoms with Gasteiger partial charge in [-0.25, -0.2) is 0 Å². The Morgan fingerprint density at radius 2 is 0.369 bits per heavy atom. The molecule has 13 aromatic rings. The number of benzene rings is 13. The third-order valence-electron chi connectivity index (χ3n) is 29.9. The first kappa shape index (κ1) is 81.5. The largest absolute Gasteiger partial charge is 0.0645 e. The highest BCUT2D eigenvalue weighted by atomic mass is 14.3. The van der Waals surface area contributed by atoms with Crippen LogP contribution in [0.2, 0.25) is 0 Å². The van der Waals surface area contributed by atoms with Crippen molar-refractivity contribution < 1.29 is 0 Å². The van der Waals surface area contributed by atoms with E-state index < -0.39 is 0 Å². The number of hydrogen-bond donors (Lipinski definition) is 0. The van der Waals surface area contributed by atoms with E-state index in [2.05, 4.69) is 262 Å². The van der Waals surface area contributed by atoms with Gasteiger partial charge in [0.05, 0.1) is 0 Å². The first-order chi connectivity index (χ1) is 60.3. The van der Waals surface area contributed by atoms with Crippen molar-refractivity contribution in [3.05, 3.63) is 388 Å². The minimum absolute atomic E-state index is 0.564. The predicted octanol–water partition coefficient (Wildman–Crippen LogP) is 31.4. The van der Waals surface area contributed by atoms with Crippen LogP contribution in [0.4, 0.5) is 0 Å². The van der Waals surface area contributed by atoms with E-state index in [1.807, 2.05) is 0 Å². The van der Waals surface area contributed by atoms with Crippen molar-refractivity contribution in [3.8, 4) is 66.8 Å². The average Bonchev–Trinajstić information content (AvgIpc) is 0.763. The molecule has 0 spiro atoms. The first-order valence-electron chi connectivity index (χ1n) is 48.8. The molecule has 0 saturated heterocycles. The van der Waals surface area contributed by atoms with E-state index in [9.17, 15) is 0 Å². The maximum atomic E-state index is 2.52. The molecule has 0 unspecified atom stereocenters. The van der Waals surface area contributed by atoms with Crippen LogP contribution in [0.5, 0.6) is 0 Å². The molecule has 0 atom stereocenters. The molecule has 0 radical (unpaired) electrons. The van der Waals surface area contributed by atoms with E-state index in [4.69, 9.17) is 0 Å². The summed E-state index contributed by atoms with van der Waals surface area (Å²) >= 11 is 0.